The summed E-state index contributed by atoms with van der Waals surface area (Å²) in [6, 6.07) is 8.24. The van der Waals surface area contributed by atoms with Crippen LogP contribution in [0.4, 0.5) is 4.79 Å². The molecule has 1 saturated heterocycles. The number of carbonyl (C=O) groups excluding carboxylic acids is 2. The molecule has 1 aromatic rings. The Balaban J connectivity index is 1.68. The number of cyclic esters (lactones) is 1. The molecule has 0 spiro atoms. The maximum absolute atomic E-state index is 12.3. The van der Waals surface area contributed by atoms with E-state index in [0.717, 1.165) is 19.4 Å². The van der Waals surface area contributed by atoms with Crippen LogP contribution in [0.2, 0.25) is 0 Å². The standard InChI is InChI=1S/C15H18N2O3/c18-14(11-17-8-9-20-15(17)19)16-7-3-6-12-4-1-2-5-13(12)10-16/h1-2,4-5H,3,6-11H2. The quantitative estimate of drug-likeness (QED) is 0.819. The third-order valence-electron chi connectivity index (χ3n) is 3.88. The van der Waals surface area contributed by atoms with Crippen LogP contribution in [0.5, 0.6) is 0 Å². The Hall–Kier alpha value is -2.04. The number of hydrogen-bond acceptors (Lipinski definition) is 3. The van der Waals surface area contributed by atoms with Crippen LogP contribution >= 0.6 is 0 Å². The largest absolute Gasteiger partial charge is 0.448 e. The lowest BCUT2D eigenvalue weighted by atomic mass is 10.0. The van der Waals surface area contributed by atoms with E-state index in [1.165, 1.54) is 16.0 Å². The van der Waals surface area contributed by atoms with Crippen molar-refractivity contribution >= 4 is 12.0 Å². The molecular formula is C15H18N2O3. The molecule has 0 aliphatic carbocycles. The highest BCUT2D eigenvalue weighted by Crippen LogP contribution is 2.18. The summed E-state index contributed by atoms with van der Waals surface area (Å²) in [5.41, 5.74) is 2.53. The Morgan fingerprint density at radius 1 is 1.20 bits per heavy atom. The number of amides is 2. The van der Waals surface area contributed by atoms with E-state index >= 15 is 0 Å². The van der Waals surface area contributed by atoms with E-state index < -0.39 is 0 Å². The van der Waals surface area contributed by atoms with Crippen LogP contribution < -0.4 is 0 Å². The lowest BCUT2D eigenvalue weighted by Gasteiger charge is -2.23. The number of rotatable bonds is 2. The van der Waals surface area contributed by atoms with Crippen LogP contribution in [0.25, 0.3) is 0 Å². The van der Waals surface area contributed by atoms with E-state index in [2.05, 4.69) is 12.1 Å². The van der Waals surface area contributed by atoms with Gasteiger partial charge in [-0.25, -0.2) is 4.79 Å². The highest BCUT2D eigenvalue weighted by Gasteiger charge is 2.27. The van der Waals surface area contributed by atoms with Gasteiger partial charge in [-0.3, -0.25) is 9.69 Å². The third kappa shape index (κ3) is 2.61. The molecule has 2 heterocycles. The molecule has 0 saturated carbocycles. The van der Waals surface area contributed by atoms with Gasteiger partial charge in [0.1, 0.15) is 13.2 Å². The number of carbonyl (C=O) groups is 2. The van der Waals surface area contributed by atoms with Gasteiger partial charge in [0.2, 0.25) is 5.91 Å². The van der Waals surface area contributed by atoms with Crippen LogP contribution in [0.1, 0.15) is 17.5 Å². The van der Waals surface area contributed by atoms with E-state index in [-0.39, 0.29) is 18.5 Å². The zero-order chi connectivity index (χ0) is 13.9. The summed E-state index contributed by atoms with van der Waals surface area (Å²) >= 11 is 0. The summed E-state index contributed by atoms with van der Waals surface area (Å²) in [4.78, 5) is 27.0. The van der Waals surface area contributed by atoms with Crippen molar-refractivity contribution in [1.82, 2.24) is 9.80 Å². The molecule has 0 N–H and O–H groups in total. The van der Waals surface area contributed by atoms with Crippen LogP contribution in [0, 0.1) is 0 Å². The molecule has 2 aliphatic rings. The molecule has 0 bridgehead atoms. The molecule has 106 valence electrons. The number of benzene rings is 1. The second-order valence-corrected chi connectivity index (χ2v) is 5.22. The van der Waals surface area contributed by atoms with Gasteiger partial charge >= 0.3 is 6.09 Å². The monoisotopic (exact) mass is 274 g/mol. The van der Waals surface area contributed by atoms with Crippen LogP contribution in [0.3, 0.4) is 0 Å². The van der Waals surface area contributed by atoms with Crippen molar-refractivity contribution < 1.29 is 14.3 Å². The third-order valence-corrected chi connectivity index (χ3v) is 3.88. The minimum Gasteiger partial charge on any atom is -0.448 e. The van der Waals surface area contributed by atoms with E-state index in [9.17, 15) is 9.59 Å². The van der Waals surface area contributed by atoms with Gasteiger partial charge in [0.05, 0.1) is 6.54 Å². The summed E-state index contributed by atoms with van der Waals surface area (Å²) in [6.07, 6.45) is 1.59. The second-order valence-electron chi connectivity index (χ2n) is 5.22. The fourth-order valence-electron chi connectivity index (χ4n) is 2.75. The summed E-state index contributed by atoms with van der Waals surface area (Å²) in [7, 11) is 0. The molecule has 2 amide bonds. The van der Waals surface area contributed by atoms with Crippen molar-refractivity contribution in [1.29, 1.82) is 0 Å². The number of fused-ring (bicyclic) bond motifs is 1. The van der Waals surface area contributed by atoms with E-state index in [4.69, 9.17) is 4.74 Å². The van der Waals surface area contributed by atoms with Crippen molar-refractivity contribution in [3.8, 4) is 0 Å². The summed E-state index contributed by atoms with van der Waals surface area (Å²) in [5, 5.41) is 0. The molecule has 5 nitrogen and oxygen atoms in total. The predicted octanol–water partition coefficient (Wildman–Crippen LogP) is 1.41. The molecule has 0 radical (unpaired) electrons. The minimum absolute atomic E-state index is 0.000512. The van der Waals surface area contributed by atoms with Crippen molar-refractivity contribution in [3.05, 3.63) is 35.4 Å². The zero-order valence-electron chi connectivity index (χ0n) is 11.4. The van der Waals surface area contributed by atoms with Gasteiger partial charge in [-0.15, -0.1) is 0 Å². The number of hydrogen-bond donors (Lipinski definition) is 0. The average molecular weight is 274 g/mol. The Kier molecular flexibility index (Phi) is 3.58. The highest BCUT2D eigenvalue weighted by molar-refractivity contribution is 5.83. The molecule has 20 heavy (non-hydrogen) atoms. The van der Waals surface area contributed by atoms with Crippen molar-refractivity contribution in [2.45, 2.75) is 19.4 Å². The molecule has 0 unspecified atom stereocenters. The van der Waals surface area contributed by atoms with Crippen molar-refractivity contribution in [2.75, 3.05) is 26.2 Å². The minimum atomic E-state index is -0.381. The van der Waals surface area contributed by atoms with Crippen molar-refractivity contribution in [3.63, 3.8) is 0 Å². The van der Waals surface area contributed by atoms with Gasteiger partial charge < -0.3 is 9.64 Å². The predicted molar refractivity (Wildman–Crippen MR) is 73.1 cm³/mol. The maximum Gasteiger partial charge on any atom is 0.410 e. The normalized spacial score (nSPS) is 18.5. The maximum atomic E-state index is 12.3. The van der Waals surface area contributed by atoms with Gasteiger partial charge in [-0.1, -0.05) is 24.3 Å². The lowest BCUT2D eigenvalue weighted by Crippen LogP contribution is -2.40. The van der Waals surface area contributed by atoms with Gasteiger partial charge in [-0.05, 0) is 24.0 Å². The first-order valence-corrected chi connectivity index (χ1v) is 7.00. The first kappa shape index (κ1) is 13.0. The highest BCUT2D eigenvalue weighted by atomic mass is 16.6. The van der Waals surface area contributed by atoms with E-state index in [1.54, 1.807) is 0 Å². The van der Waals surface area contributed by atoms with Crippen molar-refractivity contribution in [2.24, 2.45) is 0 Å². The Labute approximate surface area is 118 Å². The van der Waals surface area contributed by atoms with Crippen LogP contribution in [-0.2, 0) is 22.5 Å². The van der Waals surface area contributed by atoms with Gasteiger partial charge in [0, 0.05) is 13.1 Å². The van der Waals surface area contributed by atoms with E-state index in [0.29, 0.717) is 19.7 Å². The molecule has 3 rings (SSSR count). The molecule has 1 fully saturated rings. The Morgan fingerprint density at radius 3 is 2.75 bits per heavy atom. The fourth-order valence-corrected chi connectivity index (χ4v) is 2.75. The molecule has 0 aromatic heterocycles. The molecule has 1 aromatic carbocycles. The van der Waals surface area contributed by atoms with Gasteiger partial charge in [0.15, 0.2) is 0 Å². The SMILES string of the molecule is O=C(CN1CCOC1=O)N1CCCc2ccccc2C1. The van der Waals surface area contributed by atoms with Crippen LogP contribution in [0.15, 0.2) is 24.3 Å². The second kappa shape index (κ2) is 5.53. The fraction of sp³-hybridized carbons (Fsp3) is 0.467. The molecule has 5 heteroatoms. The van der Waals surface area contributed by atoms with Gasteiger partial charge in [-0.2, -0.15) is 0 Å². The molecular weight excluding hydrogens is 256 g/mol. The smallest absolute Gasteiger partial charge is 0.410 e. The average Bonchev–Trinajstić information content (AvgIpc) is 2.74. The summed E-state index contributed by atoms with van der Waals surface area (Å²) < 4.78 is 4.85. The topological polar surface area (TPSA) is 49.9 Å². The molecule has 2 aliphatic heterocycles. The van der Waals surface area contributed by atoms with Gasteiger partial charge in [0.25, 0.3) is 0 Å². The van der Waals surface area contributed by atoms with Crippen LogP contribution in [-0.4, -0.2) is 48.0 Å². The first-order chi connectivity index (χ1) is 9.74. The number of aryl methyl sites for hydroxylation is 1. The Morgan fingerprint density at radius 2 is 2.00 bits per heavy atom. The summed E-state index contributed by atoms with van der Waals surface area (Å²) in [6.45, 7) is 2.40. The Bertz CT molecular complexity index is 530. The number of nitrogens with zero attached hydrogens (tertiary/aromatic N) is 2. The zero-order valence-corrected chi connectivity index (χ0v) is 11.4. The summed E-state index contributed by atoms with van der Waals surface area (Å²) in [5.74, 6) is 0.000512. The number of ether oxygens (including phenoxy) is 1. The lowest BCUT2D eigenvalue weighted by molar-refractivity contribution is -0.132. The first-order valence-electron chi connectivity index (χ1n) is 7.00. The molecule has 0 atom stereocenters. The van der Waals surface area contributed by atoms with E-state index in [1.807, 2.05) is 17.0 Å².